The molecule has 2 fully saturated rings. The maximum absolute atomic E-state index is 11.1. The van der Waals surface area contributed by atoms with Gasteiger partial charge in [-0.15, -0.1) is 0 Å². The minimum absolute atomic E-state index is 0.171. The zero-order chi connectivity index (χ0) is 10.7. The first-order valence-electron chi connectivity index (χ1n) is 5.50. The number of hydrogen-bond donors (Lipinski definition) is 2. The van der Waals surface area contributed by atoms with Gasteiger partial charge in [0.25, 0.3) is 0 Å². The van der Waals surface area contributed by atoms with E-state index < -0.39 is 0 Å². The minimum atomic E-state index is -0.171. The van der Waals surface area contributed by atoms with E-state index in [9.17, 15) is 9.59 Å². The third-order valence-corrected chi connectivity index (χ3v) is 2.93. The van der Waals surface area contributed by atoms with Gasteiger partial charge in [0.1, 0.15) is 0 Å². The maximum atomic E-state index is 11.1. The van der Waals surface area contributed by atoms with E-state index in [2.05, 4.69) is 10.6 Å². The highest BCUT2D eigenvalue weighted by Crippen LogP contribution is 2.12. The molecule has 5 nitrogen and oxygen atoms in total. The van der Waals surface area contributed by atoms with Gasteiger partial charge in [0.2, 0.25) is 11.8 Å². The van der Waals surface area contributed by atoms with Crippen LogP contribution in [0.3, 0.4) is 0 Å². The van der Waals surface area contributed by atoms with Crippen LogP contribution in [0, 0.1) is 5.92 Å². The van der Waals surface area contributed by atoms with Crippen LogP contribution in [0.5, 0.6) is 0 Å². The lowest BCUT2D eigenvalue weighted by Gasteiger charge is -2.31. The van der Waals surface area contributed by atoms with E-state index >= 15 is 0 Å². The fraction of sp³-hybridized carbons (Fsp3) is 0.800. The van der Waals surface area contributed by atoms with Crippen molar-refractivity contribution in [1.29, 1.82) is 0 Å². The van der Waals surface area contributed by atoms with Gasteiger partial charge in [-0.25, -0.2) is 0 Å². The van der Waals surface area contributed by atoms with Crippen molar-refractivity contribution in [3.63, 3.8) is 0 Å². The Kier molecular flexibility index (Phi) is 3.33. The van der Waals surface area contributed by atoms with Crippen LogP contribution in [-0.2, 0) is 9.59 Å². The topological polar surface area (TPSA) is 61.4 Å². The second kappa shape index (κ2) is 4.72. The molecule has 2 rings (SSSR count). The molecule has 1 atom stereocenters. The zero-order valence-electron chi connectivity index (χ0n) is 8.79. The highest BCUT2D eigenvalue weighted by molar-refractivity contribution is 5.99. The number of rotatable bonds is 2. The van der Waals surface area contributed by atoms with Gasteiger partial charge in [-0.05, 0) is 31.8 Å². The predicted molar refractivity (Wildman–Crippen MR) is 55.2 cm³/mol. The lowest BCUT2D eigenvalue weighted by molar-refractivity contribution is -0.136. The normalized spacial score (nSPS) is 28.9. The van der Waals surface area contributed by atoms with Crippen LogP contribution in [0.15, 0.2) is 0 Å². The number of hydrogen-bond acceptors (Lipinski definition) is 4. The second-order valence-corrected chi connectivity index (χ2v) is 4.35. The SMILES string of the molecule is O=C1CN(CC2CCCNC2)CC(=O)N1. The summed E-state index contributed by atoms with van der Waals surface area (Å²) in [6.07, 6.45) is 2.39. The summed E-state index contributed by atoms with van der Waals surface area (Å²) in [6.45, 7) is 3.68. The third kappa shape index (κ3) is 3.00. The van der Waals surface area contributed by atoms with Gasteiger partial charge >= 0.3 is 0 Å². The summed E-state index contributed by atoms with van der Waals surface area (Å²) in [6, 6.07) is 0. The standard InChI is InChI=1S/C10H17N3O2/c14-9-6-13(7-10(15)12-9)5-8-2-1-3-11-4-8/h8,11H,1-7H2,(H,12,14,15). The third-order valence-electron chi connectivity index (χ3n) is 2.93. The smallest absolute Gasteiger partial charge is 0.240 e. The predicted octanol–water partition coefficient (Wildman–Crippen LogP) is -1.06. The summed E-state index contributed by atoms with van der Waals surface area (Å²) in [7, 11) is 0. The quantitative estimate of drug-likeness (QED) is 0.572. The molecule has 15 heavy (non-hydrogen) atoms. The Balaban J connectivity index is 1.82. The number of nitrogens with one attached hydrogen (secondary N) is 2. The van der Waals surface area contributed by atoms with E-state index in [1.54, 1.807) is 0 Å². The molecule has 0 radical (unpaired) electrons. The molecule has 84 valence electrons. The molecular formula is C10H17N3O2. The molecule has 0 spiro atoms. The zero-order valence-corrected chi connectivity index (χ0v) is 8.79. The van der Waals surface area contributed by atoms with Gasteiger partial charge in [-0.2, -0.15) is 0 Å². The number of amides is 2. The van der Waals surface area contributed by atoms with Gasteiger partial charge in [0, 0.05) is 6.54 Å². The van der Waals surface area contributed by atoms with Crippen LogP contribution in [-0.4, -0.2) is 49.4 Å². The number of piperidine rings is 1. The van der Waals surface area contributed by atoms with E-state index in [0.29, 0.717) is 19.0 Å². The van der Waals surface area contributed by atoms with Crippen LogP contribution >= 0.6 is 0 Å². The van der Waals surface area contributed by atoms with Crippen LogP contribution in [0.4, 0.5) is 0 Å². The Morgan fingerprint density at radius 3 is 2.60 bits per heavy atom. The van der Waals surface area contributed by atoms with E-state index in [1.807, 2.05) is 4.90 Å². The van der Waals surface area contributed by atoms with Crippen molar-refractivity contribution >= 4 is 11.8 Å². The van der Waals surface area contributed by atoms with E-state index in [0.717, 1.165) is 19.6 Å². The number of piperazine rings is 1. The molecule has 2 aliphatic heterocycles. The lowest BCUT2D eigenvalue weighted by atomic mass is 9.99. The molecule has 0 bridgehead atoms. The Hall–Kier alpha value is -0.940. The van der Waals surface area contributed by atoms with Gasteiger partial charge in [0.15, 0.2) is 0 Å². The molecule has 2 amide bonds. The average Bonchev–Trinajstić information content (AvgIpc) is 2.17. The van der Waals surface area contributed by atoms with E-state index in [4.69, 9.17) is 0 Å². The van der Waals surface area contributed by atoms with E-state index in [1.165, 1.54) is 12.8 Å². The monoisotopic (exact) mass is 211 g/mol. The van der Waals surface area contributed by atoms with Crippen LogP contribution < -0.4 is 10.6 Å². The van der Waals surface area contributed by atoms with Gasteiger partial charge in [-0.1, -0.05) is 0 Å². The van der Waals surface area contributed by atoms with Crippen LogP contribution in [0.25, 0.3) is 0 Å². The van der Waals surface area contributed by atoms with Crippen molar-refractivity contribution in [3.05, 3.63) is 0 Å². The molecule has 0 aromatic carbocycles. The molecule has 0 aromatic heterocycles. The minimum Gasteiger partial charge on any atom is -0.316 e. The highest BCUT2D eigenvalue weighted by Gasteiger charge is 2.25. The molecule has 2 saturated heterocycles. The first-order chi connectivity index (χ1) is 7.24. The first kappa shape index (κ1) is 10.6. The number of imide groups is 1. The Labute approximate surface area is 89.2 Å². The summed E-state index contributed by atoms with van der Waals surface area (Å²) in [5.74, 6) is 0.238. The molecule has 5 heteroatoms. The van der Waals surface area contributed by atoms with Crippen molar-refractivity contribution < 1.29 is 9.59 Å². The molecule has 0 saturated carbocycles. The van der Waals surface area contributed by atoms with Gasteiger partial charge in [-0.3, -0.25) is 19.8 Å². The average molecular weight is 211 g/mol. The summed E-state index contributed by atoms with van der Waals surface area (Å²) >= 11 is 0. The first-order valence-corrected chi connectivity index (χ1v) is 5.50. The summed E-state index contributed by atoms with van der Waals surface area (Å²) < 4.78 is 0. The second-order valence-electron chi connectivity index (χ2n) is 4.35. The summed E-state index contributed by atoms with van der Waals surface area (Å²) in [4.78, 5) is 24.2. The highest BCUT2D eigenvalue weighted by atomic mass is 16.2. The van der Waals surface area contributed by atoms with Gasteiger partial charge < -0.3 is 5.32 Å². The maximum Gasteiger partial charge on any atom is 0.240 e. The Morgan fingerprint density at radius 2 is 2.00 bits per heavy atom. The number of carbonyl (C=O) groups is 2. The molecule has 2 aliphatic rings. The Morgan fingerprint density at radius 1 is 1.27 bits per heavy atom. The van der Waals surface area contributed by atoms with Crippen molar-refractivity contribution in [2.24, 2.45) is 5.92 Å². The van der Waals surface area contributed by atoms with Crippen LogP contribution in [0.2, 0.25) is 0 Å². The molecule has 2 heterocycles. The number of carbonyl (C=O) groups excluding carboxylic acids is 2. The molecule has 0 aliphatic carbocycles. The van der Waals surface area contributed by atoms with Crippen LogP contribution in [0.1, 0.15) is 12.8 Å². The largest absolute Gasteiger partial charge is 0.316 e. The molecule has 2 N–H and O–H groups in total. The van der Waals surface area contributed by atoms with Crippen molar-refractivity contribution in [3.8, 4) is 0 Å². The van der Waals surface area contributed by atoms with Crippen molar-refractivity contribution in [1.82, 2.24) is 15.5 Å². The van der Waals surface area contributed by atoms with Crippen molar-refractivity contribution in [2.75, 3.05) is 32.7 Å². The fourth-order valence-electron chi connectivity index (χ4n) is 2.27. The summed E-state index contributed by atoms with van der Waals surface area (Å²) in [5.41, 5.74) is 0. The molecular weight excluding hydrogens is 194 g/mol. The number of nitrogens with zero attached hydrogens (tertiary/aromatic N) is 1. The Bertz CT molecular complexity index is 245. The van der Waals surface area contributed by atoms with Crippen molar-refractivity contribution in [2.45, 2.75) is 12.8 Å². The molecule has 1 unspecified atom stereocenters. The molecule has 0 aromatic rings. The lowest BCUT2D eigenvalue weighted by Crippen LogP contribution is -2.53. The van der Waals surface area contributed by atoms with Gasteiger partial charge in [0.05, 0.1) is 13.1 Å². The van der Waals surface area contributed by atoms with E-state index in [-0.39, 0.29) is 11.8 Å². The summed E-state index contributed by atoms with van der Waals surface area (Å²) in [5, 5.41) is 5.65. The fourth-order valence-corrected chi connectivity index (χ4v) is 2.27.